The van der Waals surface area contributed by atoms with Crippen molar-refractivity contribution < 1.29 is 0 Å². The fraction of sp³-hybridized carbons (Fsp3) is 0.706. The van der Waals surface area contributed by atoms with Crippen molar-refractivity contribution in [1.29, 1.82) is 0 Å². The molecule has 1 aliphatic rings. The van der Waals surface area contributed by atoms with E-state index in [0.29, 0.717) is 0 Å². The van der Waals surface area contributed by atoms with Gasteiger partial charge >= 0.3 is 0 Å². The van der Waals surface area contributed by atoms with Crippen molar-refractivity contribution >= 4 is 0 Å². The smallest absolute Gasteiger partial charge is 0.0271 e. The van der Waals surface area contributed by atoms with Gasteiger partial charge in [0.15, 0.2) is 0 Å². The predicted octanol–water partition coefficient (Wildman–Crippen LogP) is 3.07. The van der Waals surface area contributed by atoms with Gasteiger partial charge < -0.3 is 5.32 Å². The van der Waals surface area contributed by atoms with Gasteiger partial charge in [0.1, 0.15) is 0 Å². The lowest BCUT2D eigenvalue weighted by molar-refractivity contribution is 0.168. The number of pyridine rings is 1. The van der Waals surface area contributed by atoms with Gasteiger partial charge in [0, 0.05) is 31.5 Å². The molecule has 0 saturated heterocycles. The molecular formula is C17H29N3. The molecule has 2 atom stereocenters. The Balaban J connectivity index is 1.90. The van der Waals surface area contributed by atoms with Crippen molar-refractivity contribution in [3.63, 3.8) is 0 Å². The zero-order valence-corrected chi connectivity index (χ0v) is 13.0. The summed E-state index contributed by atoms with van der Waals surface area (Å²) in [4.78, 5) is 6.68. The Kier molecular flexibility index (Phi) is 6.48. The maximum Gasteiger partial charge on any atom is 0.0271 e. The van der Waals surface area contributed by atoms with Gasteiger partial charge in [-0.15, -0.1) is 0 Å². The molecule has 1 heterocycles. The van der Waals surface area contributed by atoms with Crippen LogP contribution in [0.1, 0.15) is 45.1 Å². The van der Waals surface area contributed by atoms with Crippen molar-refractivity contribution in [2.24, 2.45) is 5.92 Å². The highest BCUT2D eigenvalue weighted by Gasteiger charge is 2.25. The minimum absolute atomic E-state index is 0.722. The van der Waals surface area contributed by atoms with Gasteiger partial charge in [-0.05, 0) is 49.5 Å². The van der Waals surface area contributed by atoms with E-state index in [4.69, 9.17) is 0 Å². The normalized spacial score (nSPS) is 23.1. The fourth-order valence-electron chi connectivity index (χ4n) is 3.34. The molecule has 1 saturated carbocycles. The van der Waals surface area contributed by atoms with Crippen LogP contribution in [0.5, 0.6) is 0 Å². The van der Waals surface area contributed by atoms with E-state index in [1.165, 1.54) is 37.8 Å². The SMILES string of the molecule is CCNC1CCCCC1CN(CC)Cc1ccncc1. The van der Waals surface area contributed by atoms with Gasteiger partial charge in [-0.3, -0.25) is 9.88 Å². The predicted molar refractivity (Wildman–Crippen MR) is 84.6 cm³/mol. The summed E-state index contributed by atoms with van der Waals surface area (Å²) < 4.78 is 0. The van der Waals surface area contributed by atoms with Crippen LogP contribution < -0.4 is 5.32 Å². The molecule has 1 aromatic heterocycles. The summed E-state index contributed by atoms with van der Waals surface area (Å²) in [6.07, 6.45) is 9.32. The van der Waals surface area contributed by atoms with Crippen LogP contribution in [0.3, 0.4) is 0 Å². The van der Waals surface area contributed by atoms with E-state index in [9.17, 15) is 0 Å². The summed E-state index contributed by atoms with van der Waals surface area (Å²) in [5, 5.41) is 3.69. The van der Waals surface area contributed by atoms with E-state index in [1.807, 2.05) is 12.4 Å². The molecule has 20 heavy (non-hydrogen) atoms. The molecule has 3 nitrogen and oxygen atoms in total. The Hall–Kier alpha value is -0.930. The second-order valence-electron chi connectivity index (χ2n) is 5.89. The summed E-state index contributed by atoms with van der Waals surface area (Å²) in [6, 6.07) is 4.98. The minimum Gasteiger partial charge on any atom is -0.314 e. The van der Waals surface area contributed by atoms with Gasteiger partial charge in [0.2, 0.25) is 0 Å². The van der Waals surface area contributed by atoms with Crippen LogP contribution in [0, 0.1) is 5.92 Å². The number of hydrogen-bond donors (Lipinski definition) is 1. The van der Waals surface area contributed by atoms with E-state index in [0.717, 1.165) is 31.6 Å². The lowest BCUT2D eigenvalue weighted by Gasteiger charge is -2.35. The molecule has 0 spiro atoms. The van der Waals surface area contributed by atoms with Gasteiger partial charge in [-0.2, -0.15) is 0 Å². The maximum atomic E-state index is 4.10. The Labute approximate surface area is 123 Å². The third-order valence-corrected chi connectivity index (χ3v) is 4.47. The molecule has 3 heteroatoms. The number of nitrogens with one attached hydrogen (secondary N) is 1. The quantitative estimate of drug-likeness (QED) is 0.829. The Bertz CT molecular complexity index is 364. The van der Waals surface area contributed by atoms with Gasteiger partial charge in [-0.1, -0.05) is 26.7 Å². The molecule has 0 aromatic carbocycles. The number of aromatic nitrogens is 1. The van der Waals surface area contributed by atoms with Crippen LogP contribution in [0.15, 0.2) is 24.5 Å². The standard InChI is InChI=1S/C17H29N3/c1-3-19-17-8-6-5-7-16(17)14-20(4-2)13-15-9-11-18-12-10-15/h9-12,16-17,19H,3-8,13-14H2,1-2H3. The molecule has 0 amide bonds. The molecule has 1 aromatic rings. The molecule has 1 N–H and O–H groups in total. The number of nitrogens with zero attached hydrogens (tertiary/aromatic N) is 2. The van der Waals surface area contributed by atoms with Crippen LogP contribution >= 0.6 is 0 Å². The summed E-state index contributed by atoms with van der Waals surface area (Å²) in [5.41, 5.74) is 1.37. The van der Waals surface area contributed by atoms with Crippen LogP contribution in [0.4, 0.5) is 0 Å². The van der Waals surface area contributed by atoms with Gasteiger partial charge in [0.05, 0.1) is 0 Å². The van der Waals surface area contributed by atoms with Crippen LogP contribution in [-0.2, 0) is 6.54 Å². The van der Waals surface area contributed by atoms with Crippen molar-refractivity contribution in [3.05, 3.63) is 30.1 Å². The first kappa shape index (κ1) is 15.5. The lowest BCUT2D eigenvalue weighted by atomic mass is 9.84. The largest absolute Gasteiger partial charge is 0.314 e. The molecular weight excluding hydrogens is 246 g/mol. The topological polar surface area (TPSA) is 28.2 Å². The van der Waals surface area contributed by atoms with Crippen molar-refractivity contribution in [2.75, 3.05) is 19.6 Å². The van der Waals surface area contributed by atoms with Crippen molar-refractivity contribution in [3.8, 4) is 0 Å². The summed E-state index contributed by atoms with van der Waals surface area (Å²) >= 11 is 0. The molecule has 112 valence electrons. The van der Waals surface area contributed by atoms with Crippen molar-refractivity contribution in [1.82, 2.24) is 15.2 Å². The zero-order valence-electron chi connectivity index (χ0n) is 13.0. The van der Waals surface area contributed by atoms with E-state index in [2.05, 4.69) is 41.2 Å². The van der Waals surface area contributed by atoms with Crippen LogP contribution in [-0.4, -0.2) is 35.6 Å². The summed E-state index contributed by atoms with van der Waals surface area (Å²) in [5.74, 6) is 0.811. The van der Waals surface area contributed by atoms with Crippen molar-refractivity contribution in [2.45, 2.75) is 52.1 Å². The molecule has 2 rings (SSSR count). The van der Waals surface area contributed by atoms with E-state index in [1.54, 1.807) is 0 Å². The summed E-state index contributed by atoms with van der Waals surface area (Å²) in [6.45, 7) is 8.98. The highest BCUT2D eigenvalue weighted by atomic mass is 15.1. The molecule has 0 bridgehead atoms. The van der Waals surface area contributed by atoms with Crippen LogP contribution in [0.2, 0.25) is 0 Å². The lowest BCUT2D eigenvalue weighted by Crippen LogP contribution is -2.44. The van der Waals surface area contributed by atoms with E-state index >= 15 is 0 Å². The van der Waals surface area contributed by atoms with Crippen LogP contribution in [0.25, 0.3) is 0 Å². The summed E-state index contributed by atoms with van der Waals surface area (Å²) in [7, 11) is 0. The second-order valence-corrected chi connectivity index (χ2v) is 5.89. The van der Waals surface area contributed by atoms with Gasteiger partial charge in [0.25, 0.3) is 0 Å². The number of hydrogen-bond acceptors (Lipinski definition) is 3. The Morgan fingerprint density at radius 1 is 1.20 bits per heavy atom. The first-order chi connectivity index (χ1) is 9.83. The molecule has 1 aliphatic carbocycles. The fourth-order valence-corrected chi connectivity index (χ4v) is 3.34. The third-order valence-electron chi connectivity index (χ3n) is 4.47. The number of rotatable bonds is 7. The minimum atomic E-state index is 0.722. The molecule has 1 fully saturated rings. The monoisotopic (exact) mass is 275 g/mol. The average molecular weight is 275 g/mol. The molecule has 0 radical (unpaired) electrons. The highest BCUT2D eigenvalue weighted by Crippen LogP contribution is 2.25. The van der Waals surface area contributed by atoms with E-state index in [-0.39, 0.29) is 0 Å². The maximum absolute atomic E-state index is 4.10. The average Bonchev–Trinajstić information content (AvgIpc) is 2.50. The first-order valence-corrected chi connectivity index (χ1v) is 8.18. The molecule has 2 unspecified atom stereocenters. The third kappa shape index (κ3) is 4.57. The highest BCUT2D eigenvalue weighted by molar-refractivity contribution is 5.09. The Morgan fingerprint density at radius 3 is 2.65 bits per heavy atom. The van der Waals surface area contributed by atoms with Gasteiger partial charge in [-0.25, -0.2) is 0 Å². The molecule has 0 aliphatic heterocycles. The zero-order chi connectivity index (χ0) is 14.2. The Morgan fingerprint density at radius 2 is 1.95 bits per heavy atom. The second kappa shape index (κ2) is 8.38. The first-order valence-electron chi connectivity index (χ1n) is 8.18. The van der Waals surface area contributed by atoms with E-state index < -0.39 is 0 Å².